The summed E-state index contributed by atoms with van der Waals surface area (Å²) in [6.45, 7) is 7.21. The number of carbonyl (C=O) groups excluding carboxylic acids is 1. The molecule has 0 atom stereocenters. The predicted molar refractivity (Wildman–Crippen MR) is 148 cm³/mol. The van der Waals surface area contributed by atoms with E-state index in [0.29, 0.717) is 45.0 Å². The number of rotatable bonds is 7. The molecule has 9 heteroatoms. The zero-order valence-electron chi connectivity index (χ0n) is 19.7. The van der Waals surface area contributed by atoms with Crippen LogP contribution in [0.5, 0.6) is 11.5 Å². The first-order valence-corrected chi connectivity index (χ1v) is 12.1. The number of aromatic nitrogens is 1. The van der Waals surface area contributed by atoms with Crippen molar-refractivity contribution in [1.29, 1.82) is 0 Å². The number of nitrogens with zero attached hydrogens (tertiary/aromatic N) is 1. The Hall–Kier alpha value is -3.26. The molecule has 35 heavy (non-hydrogen) atoms. The number of amides is 1. The van der Waals surface area contributed by atoms with Crippen molar-refractivity contribution in [2.24, 2.45) is 0 Å². The van der Waals surface area contributed by atoms with Crippen LogP contribution in [-0.4, -0.2) is 25.6 Å². The molecule has 0 saturated heterocycles. The molecule has 4 rings (SSSR count). The zero-order chi connectivity index (χ0) is 25.5. The summed E-state index contributed by atoms with van der Waals surface area (Å²) in [6.07, 6.45) is 4.18. The Kier molecular flexibility index (Phi) is 8.98. The van der Waals surface area contributed by atoms with Crippen LogP contribution >= 0.6 is 34.5 Å². The van der Waals surface area contributed by atoms with Gasteiger partial charge in [0.1, 0.15) is 17.3 Å². The number of ether oxygens (including phenoxy) is 2. The summed E-state index contributed by atoms with van der Waals surface area (Å²) in [4.78, 5) is 16.4. The van der Waals surface area contributed by atoms with Gasteiger partial charge in [0.15, 0.2) is 0 Å². The van der Waals surface area contributed by atoms with Gasteiger partial charge in [0.25, 0.3) is 0 Å². The number of anilines is 3. The molecular weight excluding hydrogens is 505 g/mol. The Bertz CT molecular complexity index is 1340. The Balaban J connectivity index is 0.00000108. The van der Waals surface area contributed by atoms with Crippen molar-refractivity contribution in [3.8, 4) is 21.9 Å². The molecule has 0 radical (unpaired) electrons. The standard InChI is InChI=1S/C23H19Cl2N3O3S.C3H6/c1-12-5-4-6-14(27-11-29)23(12)28-19-9-17-13(10-26-19)7-18(32-17)20-21(24)15(30-2)8-16(31-3)22(20)25;1-3-2/h4-11H,1-3H3,(H,26,28)(H,27,29);3H,1H2,2H3. The lowest BCUT2D eigenvalue weighted by molar-refractivity contribution is -0.105. The van der Waals surface area contributed by atoms with E-state index in [4.69, 9.17) is 32.7 Å². The number of hydrogen-bond acceptors (Lipinski definition) is 6. The molecule has 0 saturated carbocycles. The van der Waals surface area contributed by atoms with Gasteiger partial charge in [-0.05, 0) is 37.6 Å². The van der Waals surface area contributed by atoms with Gasteiger partial charge in [-0.3, -0.25) is 4.79 Å². The number of allylic oxidation sites excluding steroid dienone is 1. The lowest BCUT2D eigenvalue weighted by Crippen LogP contribution is -2.02. The molecule has 4 aromatic rings. The van der Waals surface area contributed by atoms with Gasteiger partial charge >= 0.3 is 0 Å². The van der Waals surface area contributed by atoms with Crippen LogP contribution in [0.15, 0.2) is 55.3 Å². The number of aryl methyl sites for hydroxylation is 1. The number of pyridine rings is 1. The average Bonchev–Trinajstić information content (AvgIpc) is 3.25. The third-order valence-electron chi connectivity index (χ3n) is 4.96. The molecular formula is C26H25Cl2N3O3S. The molecule has 2 N–H and O–H groups in total. The topological polar surface area (TPSA) is 72.5 Å². The first-order valence-electron chi connectivity index (χ1n) is 10.5. The fraction of sp³-hybridized carbons (Fsp3) is 0.154. The molecule has 1 amide bonds. The third-order valence-corrected chi connectivity index (χ3v) is 6.83. The fourth-order valence-corrected chi connectivity index (χ4v) is 5.32. The van der Waals surface area contributed by atoms with Gasteiger partial charge in [0, 0.05) is 32.8 Å². The van der Waals surface area contributed by atoms with E-state index in [2.05, 4.69) is 22.2 Å². The molecule has 2 aromatic carbocycles. The minimum Gasteiger partial charge on any atom is -0.495 e. The van der Waals surface area contributed by atoms with Crippen LogP contribution in [0.3, 0.4) is 0 Å². The summed E-state index contributed by atoms with van der Waals surface area (Å²) in [5.41, 5.74) is 3.09. The van der Waals surface area contributed by atoms with E-state index in [0.717, 1.165) is 26.2 Å². The molecule has 0 bridgehead atoms. The molecule has 0 aliphatic rings. The molecule has 0 aliphatic carbocycles. The quantitative estimate of drug-likeness (QED) is 0.187. The number of methoxy groups -OCH3 is 2. The molecule has 2 heterocycles. The lowest BCUT2D eigenvalue weighted by Gasteiger charge is -2.13. The number of carbonyl (C=O) groups is 1. The minimum absolute atomic E-state index is 0.417. The van der Waals surface area contributed by atoms with E-state index in [1.54, 1.807) is 32.6 Å². The van der Waals surface area contributed by atoms with Gasteiger partial charge in [-0.25, -0.2) is 4.98 Å². The van der Waals surface area contributed by atoms with Crippen molar-refractivity contribution in [1.82, 2.24) is 4.98 Å². The second-order valence-electron chi connectivity index (χ2n) is 7.29. The second-order valence-corrected chi connectivity index (χ2v) is 9.13. The summed E-state index contributed by atoms with van der Waals surface area (Å²) in [5, 5.41) is 7.80. The van der Waals surface area contributed by atoms with Crippen LogP contribution in [0, 0.1) is 6.92 Å². The van der Waals surface area contributed by atoms with Crippen molar-refractivity contribution >= 4 is 68.2 Å². The van der Waals surface area contributed by atoms with Crippen molar-refractivity contribution in [3.63, 3.8) is 0 Å². The predicted octanol–water partition coefficient (Wildman–Crippen LogP) is 8.10. The first-order chi connectivity index (χ1) is 16.9. The summed E-state index contributed by atoms with van der Waals surface area (Å²) in [7, 11) is 3.09. The van der Waals surface area contributed by atoms with Crippen molar-refractivity contribution in [3.05, 3.63) is 70.9 Å². The Morgan fingerprint density at radius 1 is 1.09 bits per heavy atom. The number of thiophene rings is 1. The molecule has 0 aliphatic heterocycles. The van der Waals surface area contributed by atoms with Gasteiger partial charge in [0.05, 0.1) is 35.6 Å². The number of benzene rings is 2. The van der Waals surface area contributed by atoms with E-state index in [-0.39, 0.29) is 0 Å². The summed E-state index contributed by atoms with van der Waals surface area (Å²) in [5.74, 6) is 1.61. The normalized spacial score (nSPS) is 10.2. The van der Waals surface area contributed by atoms with Crippen LogP contribution in [-0.2, 0) is 4.79 Å². The van der Waals surface area contributed by atoms with Crippen LogP contribution in [0.25, 0.3) is 20.5 Å². The van der Waals surface area contributed by atoms with Crippen molar-refractivity contribution in [2.45, 2.75) is 13.8 Å². The minimum atomic E-state index is 0.417. The molecule has 182 valence electrons. The smallest absolute Gasteiger partial charge is 0.211 e. The van der Waals surface area contributed by atoms with E-state index in [1.807, 2.05) is 44.2 Å². The van der Waals surface area contributed by atoms with Crippen LogP contribution in [0.2, 0.25) is 10.0 Å². The second kappa shape index (κ2) is 11.9. The van der Waals surface area contributed by atoms with Crippen molar-refractivity contribution < 1.29 is 14.3 Å². The van der Waals surface area contributed by atoms with E-state index in [1.165, 1.54) is 11.3 Å². The third kappa shape index (κ3) is 5.70. The maximum absolute atomic E-state index is 11.0. The highest BCUT2D eigenvalue weighted by atomic mass is 35.5. The molecule has 0 fully saturated rings. The van der Waals surface area contributed by atoms with Gasteiger partial charge in [-0.15, -0.1) is 17.9 Å². The van der Waals surface area contributed by atoms with Gasteiger partial charge in [-0.2, -0.15) is 0 Å². The highest BCUT2D eigenvalue weighted by Gasteiger charge is 2.20. The Morgan fingerprint density at radius 2 is 1.74 bits per heavy atom. The largest absolute Gasteiger partial charge is 0.495 e. The summed E-state index contributed by atoms with van der Waals surface area (Å²) >= 11 is 14.7. The Morgan fingerprint density at radius 3 is 2.34 bits per heavy atom. The monoisotopic (exact) mass is 529 g/mol. The number of hydrogen-bond donors (Lipinski definition) is 2. The number of para-hydroxylation sites is 1. The molecule has 0 spiro atoms. The highest BCUT2D eigenvalue weighted by Crippen LogP contribution is 2.48. The first kappa shape index (κ1) is 26.3. The lowest BCUT2D eigenvalue weighted by atomic mass is 10.1. The van der Waals surface area contributed by atoms with Gasteiger partial charge < -0.3 is 20.1 Å². The molecule has 6 nitrogen and oxygen atoms in total. The van der Waals surface area contributed by atoms with E-state index < -0.39 is 0 Å². The van der Waals surface area contributed by atoms with E-state index >= 15 is 0 Å². The Labute approximate surface area is 218 Å². The van der Waals surface area contributed by atoms with Crippen LogP contribution in [0.4, 0.5) is 17.2 Å². The average molecular weight is 530 g/mol. The van der Waals surface area contributed by atoms with Gasteiger partial charge in [0.2, 0.25) is 6.41 Å². The molecule has 2 aromatic heterocycles. The summed E-state index contributed by atoms with van der Waals surface area (Å²) < 4.78 is 11.8. The number of nitrogens with one attached hydrogen (secondary N) is 2. The van der Waals surface area contributed by atoms with Gasteiger partial charge in [-0.1, -0.05) is 41.4 Å². The number of halogens is 2. The molecule has 0 unspecified atom stereocenters. The zero-order valence-corrected chi connectivity index (χ0v) is 22.1. The maximum atomic E-state index is 11.0. The maximum Gasteiger partial charge on any atom is 0.211 e. The van der Waals surface area contributed by atoms with Crippen LogP contribution < -0.4 is 20.1 Å². The highest BCUT2D eigenvalue weighted by molar-refractivity contribution is 7.22. The SMILES string of the molecule is C=CC.COc1cc(OC)c(Cl)c(-c2cc3cnc(Nc4c(C)cccc4NC=O)cc3s2)c1Cl. The van der Waals surface area contributed by atoms with Crippen molar-refractivity contribution in [2.75, 3.05) is 24.9 Å². The van der Waals surface area contributed by atoms with E-state index in [9.17, 15) is 4.79 Å². The summed E-state index contributed by atoms with van der Waals surface area (Å²) in [6, 6.07) is 11.3. The number of fused-ring (bicyclic) bond motifs is 1. The van der Waals surface area contributed by atoms with Crippen LogP contribution in [0.1, 0.15) is 12.5 Å². The fourth-order valence-electron chi connectivity index (χ4n) is 3.37.